The van der Waals surface area contributed by atoms with Gasteiger partial charge in [0.2, 0.25) is 0 Å². The van der Waals surface area contributed by atoms with Crippen LogP contribution in [-0.4, -0.2) is 44.5 Å². The predicted molar refractivity (Wildman–Crippen MR) is 72.2 cm³/mol. The molecule has 5 heteroatoms. The first-order valence-electron chi connectivity index (χ1n) is 6.34. The Morgan fingerprint density at radius 3 is 2.68 bits per heavy atom. The zero-order valence-electron chi connectivity index (χ0n) is 11.2. The Bertz CT molecular complexity index is 364. The average Bonchev–Trinajstić information content (AvgIpc) is 2.43. The van der Waals surface area contributed by atoms with Gasteiger partial charge in [0.15, 0.2) is 6.61 Å². The number of amides is 1. The molecule has 106 valence electrons. The Morgan fingerprint density at radius 1 is 1.32 bits per heavy atom. The Morgan fingerprint density at radius 2 is 2.05 bits per heavy atom. The fourth-order valence-electron chi connectivity index (χ4n) is 1.53. The zero-order valence-corrected chi connectivity index (χ0v) is 11.2. The lowest BCUT2D eigenvalue weighted by Crippen LogP contribution is -2.30. The van der Waals surface area contributed by atoms with Crippen LogP contribution in [0.3, 0.4) is 0 Å². The van der Waals surface area contributed by atoms with Gasteiger partial charge in [-0.3, -0.25) is 4.79 Å². The minimum Gasteiger partial charge on any atom is -0.484 e. The monoisotopic (exact) mass is 267 g/mol. The van der Waals surface area contributed by atoms with Crippen LogP contribution in [0.5, 0.6) is 5.75 Å². The summed E-state index contributed by atoms with van der Waals surface area (Å²) in [5.74, 6) is 0.504. The fourth-order valence-corrected chi connectivity index (χ4v) is 1.53. The summed E-state index contributed by atoms with van der Waals surface area (Å²) in [6.07, 6.45) is 1.42. The van der Waals surface area contributed by atoms with Gasteiger partial charge in [0, 0.05) is 26.9 Å². The summed E-state index contributed by atoms with van der Waals surface area (Å²) in [6.45, 7) is 1.36. The van der Waals surface area contributed by atoms with Crippen molar-refractivity contribution in [2.24, 2.45) is 0 Å². The second-order valence-electron chi connectivity index (χ2n) is 4.10. The smallest absolute Gasteiger partial charge is 0.257 e. The third-order valence-corrected chi connectivity index (χ3v) is 2.54. The first kappa shape index (κ1) is 15.5. The molecule has 1 rings (SSSR count). The number of hydrogen-bond acceptors (Lipinski definition) is 4. The van der Waals surface area contributed by atoms with Crippen molar-refractivity contribution >= 4 is 5.91 Å². The van der Waals surface area contributed by atoms with E-state index in [2.05, 4.69) is 5.32 Å². The number of benzene rings is 1. The molecule has 0 fully saturated rings. The molecule has 0 aliphatic carbocycles. The van der Waals surface area contributed by atoms with E-state index < -0.39 is 0 Å². The van der Waals surface area contributed by atoms with Crippen molar-refractivity contribution in [2.75, 3.05) is 33.5 Å². The standard InChI is InChI=1S/C14H21NO4/c1-18-10-2-8-15-14(17)11-19-13-5-3-12(4-6-13)7-9-16/h3-6,16H,2,7-11H2,1H3,(H,15,17). The van der Waals surface area contributed by atoms with Gasteiger partial charge in [-0.25, -0.2) is 0 Å². The minimum atomic E-state index is -0.143. The molecular weight excluding hydrogens is 246 g/mol. The number of ether oxygens (including phenoxy) is 2. The normalized spacial score (nSPS) is 10.2. The maximum Gasteiger partial charge on any atom is 0.257 e. The van der Waals surface area contributed by atoms with Crippen LogP contribution in [0.1, 0.15) is 12.0 Å². The van der Waals surface area contributed by atoms with E-state index in [0.29, 0.717) is 25.3 Å². The highest BCUT2D eigenvalue weighted by atomic mass is 16.5. The summed E-state index contributed by atoms with van der Waals surface area (Å²) in [5, 5.41) is 11.5. The van der Waals surface area contributed by atoms with Crippen LogP contribution in [0.25, 0.3) is 0 Å². The lowest BCUT2D eigenvalue weighted by molar-refractivity contribution is -0.123. The molecule has 0 aromatic heterocycles. The molecular formula is C14H21NO4. The molecule has 19 heavy (non-hydrogen) atoms. The molecule has 0 bridgehead atoms. The molecule has 5 nitrogen and oxygen atoms in total. The number of carbonyl (C=O) groups is 1. The van der Waals surface area contributed by atoms with Crippen molar-refractivity contribution in [3.05, 3.63) is 29.8 Å². The summed E-state index contributed by atoms with van der Waals surface area (Å²) < 4.78 is 10.2. The van der Waals surface area contributed by atoms with Crippen molar-refractivity contribution in [3.63, 3.8) is 0 Å². The largest absolute Gasteiger partial charge is 0.484 e. The van der Waals surface area contributed by atoms with Crippen LogP contribution in [-0.2, 0) is 16.0 Å². The Labute approximate surface area is 113 Å². The molecule has 0 heterocycles. The van der Waals surface area contributed by atoms with Crippen molar-refractivity contribution in [1.29, 1.82) is 0 Å². The molecule has 0 aliphatic heterocycles. The van der Waals surface area contributed by atoms with Crippen LogP contribution < -0.4 is 10.1 Å². The highest BCUT2D eigenvalue weighted by Gasteiger charge is 2.02. The molecule has 0 radical (unpaired) electrons. The van der Waals surface area contributed by atoms with E-state index >= 15 is 0 Å². The van der Waals surface area contributed by atoms with E-state index in [1.807, 2.05) is 12.1 Å². The summed E-state index contributed by atoms with van der Waals surface area (Å²) in [6, 6.07) is 7.34. The van der Waals surface area contributed by atoms with Crippen molar-refractivity contribution < 1.29 is 19.4 Å². The molecule has 0 saturated carbocycles. The number of hydrogen-bond donors (Lipinski definition) is 2. The molecule has 0 spiro atoms. The predicted octanol–water partition coefficient (Wildman–Crippen LogP) is 0.753. The van der Waals surface area contributed by atoms with Crippen molar-refractivity contribution in [1.82, 2.24) is 5.32 Å². The maximum absolute atomic E-state index is 11.4. The first-order valence-corrected chi connectivity index (χ1v) is 6.34. The van der Waals surface area contributed by atoms with E-state index in [4.69, 9.17) is 14.6 Å². The number of nitrogens with one attached hydrogen (secondary N) is 1. The number of rotatable bonds is 9. The van der Waals surface area contributed by atoms with Crippen molar-refractivity contribution in [3.8, 4) is 5.75 Å². The first-order chi connectivity index (χ1) is 9.26. The molecule has 0 unspecified atom stereocenters. The highest BCUT2D eigenvalue weighted by Crippen LogP contribution is 2.12. The van der Waals surface area contributed by atoms with Gasteiger partial charge in [0.25, 0.3) is 5.91 Å². The van der Waals surface area contributed by atoms with Crippen LogP contribution in [0, 0.1) is 0 Å². The Balaban J connectivity index is 2.22. The molecule has 1 amide bonds. The maximum atomic E-state index is 11.4. The van der Waals surface area contributed by atoms with E-state index in [1.54, 1.807) is 19.2 Å². The fraction of sp³-hybridized carbons (Fsp3) is 0.500. The van der Waals surface area contributed by atoms with Gasteiger partial charge < -0.3 is 19.9 Å². The van der Waals surface area contributed by atoms with Gasteiger partial charge in [-0.2, -0.15) is 0 Å². The minimum absolute atomic E-state index is 0.00628. The van der Waals surface area contributed by atoms with Gasteiger partial charge >= 0.3 is 0 Å². The number of aliphatic hydroxyl groups is 1. The van der Waals surface area contributed by atoms with E-state index in [9.17, 15) is 4.79 Å². The average molecular weight is 267 g/mol. The SMILES string of the molecule is COCCCNC(=O)COc1ccc(CCO)cc1. The third kappa shape index (κ3) is 6.79. The van der Waals surface area contributed by atoms with Gasteiger partial charge in [-0.1, -0.05) is 12.1 Å². The highest BCUT2D eigenvalue weighted by molar-refractivity contribution is 5.77. The van der Waals surface area contributed by atoms with Gasteiger partial charge in [0.05, 0.1) is 0 Å². The Hall–Kier alpha value is -1.59. The number of aliphatic hydroxyl groups excluding tert-OH is 1. The summed E-state index contributed by atoms with van der Waals surface area (Å²) in [4.78, 5) is 11.4. The van der Waals surface area contributed by atoms with E-state index in [-0.39, 0.29) is 19.1 Å². The second-order valence-corrected chi connectivity index (χ2v) is 4.10. The van der Waals surface area contributed by atoms with Crippen LogP contribution in [0.4, 0.5) is 0 Å². The summed E-state index contributed by atoms with van der Waals surface area (Å²) >= 11 is 0. The third-order valence-electron chi connectivity index (χ3n) is 2.54. The molecule has 0 saturated heterocycles. The van der Waals surface area contributed by atoms with Crippen LogP contribution >= 0.6 is 0 Å². The van der Waals surface area contributed by atoms with E-state index in [1.165, 1.54) is 0 Å². The van der Waals surface area contributed by atoms with Crippen molar-refractivity contribution in [2.45, 2.75) is 12.8 Å². The number of methoxy groups -OCH3 is 1. The quantitative estimate of drug-likeness (QED) is 0.648. The topological polar surface area (TPSA) is 67.8 Å². The molecule has 1 aromatic carbocycles. The lowest BCUT2D eigenvalue weighted by atomic mass is 10.1. The molecule has 2 N–H and O–H groups in total. The number of carbonyl (C=O) groups excluding carboxylic acids is 1. The van der Waals surface area contributed by atoms with Gasteiger partial charge in [0.1, 0.15) is 5.75 Å². The molecule has 0 atom stereocenters. The zero-order chi connectivity index (χ0) is 13.9. The van der Waals surface area contributed by atoms with E-state index in [0.717, 1.165) is 12.0 Å². The molecule has 1 aromatic rings. The van der Waals surface area contributed by atoms with Crippen LogP contribution in [0.15, 0.2) is 24.3 Å². The van der Waals surface area contributed by atoms with Gasteiger partial charge in [-0.05, 0) is 30.5 Å². The summed E-state index contributed by atoms with van der Waals surface area (Å²) in [5.41, 5.74) is 1.04. The lowest BCUT2D eigenvalue weighted by Gasteiger charge is -2.08. The second kappa shape index (κ2) is 9.35. The summed E-state index contributed by atoms with van der Waals surface area (Å²) in [7, 11) is 1.63. The Kier molecular flexibility index (Phi) is 7.62. The van der Waals surface area contributed by atoms with Gasteiger partial charge in [-0.15, -0.1) is 0 Å². The van der Waals surface area contributed by atoms with Crippen LogP contribution in [0.2, 0.25) is 0 Å². The molecule has 0 aliphatic rings.